The molecule has 0 aliphatic carbocycles. The minimum Gasteiger partial charge on any atom is -0.374 e. The zero-order valence-corrected chi connectivity index (χ0v) is 10.5. The summed E-state index contributed by atoms with van der Waals surface area (Å²) in [5.41, 5.74) is 5.11. The number of benzene rings is 1. The number of halogens is 2. The molecule has 8 heteroatoms. The maximum atomic E-state index is 13.3. The van der Waals surface area contributed by atoms with Crippen LogP contribution in [-0.2, 0) is 0 Å². The van der Waals surface area contributed by atoms with Gasteiger partial charge >= 0.3 is 0 Å². The van der Waals surface area contributed by atoms with Gasteiger partial charge in [0.1, 0.15) is 11.6 Å². The second kappa shape index (κ2) is 5.40. The molecule has 18 heavy (non-hydrogen) atoms. The Hall–Kier alpha value is -1.54. The average Bonchev–Trinajstić information content (AvgIpc) is 2.75. The van der Waals surface area contributed by atoms with Crippen molar-refractivity contribution in [2.24, 2.45) is 0 Å². The highest BCUT2D eigenvalue weighted by Gasteiger charge is 2.14. The lowest BCUT2D eigenvalue weighted by Gasteiger charge is -2.01. The topological polar surface area (TPSA) is 68.9 Å². The number of carbonyl (C=O) groups excluding carboxylic acids is 1. The summed E-state index contributed by atoms with van der Waals surface area (Å²) in [6.45, 7) is 0. The van der Waals surface area contributed by atoms with Crippen LogP contribution in [0.4, 0.5) is 13.9 Å². The minimum absolute atomic E-state index is 0.0466. The second-order valence-corrected chi connectivity index (χ2v) is 5.47. The Labute approximate surface area is 109 Å². The Morgan fingerprint density at radius 1 is 1.39 bits per heavy atom. The van der Waals surface area contributed by atoms with E-state index >= 15 is 0 Å². The van der Waals surface area contributed by atoms with Crippen LogP contribution in [0.15, 0.2) is 22.5 Å². The number of hydrogen-bond acceptors (Lipinski definition) is 6. The molecule has 4 nitrogen and oxygen atoms in total. The largest absolute Gasteiger partial charge is 0.374 e. The van der Waals surface area contributed by atoms with E-state index in [1.54, 1.807) is 0 Å². The molecule has 0 atom stereocenters. The van der Waals surface area contributed by atoms with Gasteiger partial charge in [0, 0.05) is 0 Å². The van der Waals surface area contributed by atoms with Crippen molar-refractivity contribution >= 4 is 34.0 Å². The van der Waals surface area contributed by atoms with Gasteiger partial charge in [-0.2, -0.15) is 0 Å². The lowest BCUT2D eigenvalue weighted by Crippen LogP contribution is -2.05. The summed E-state index contributed by atoms with van der Waals surface area (Å²) in [6, 6.07) is 2.77. The number of hydrogen-bond donors (Lipinski definition) is 1. The SMILES string of the molecule is Nc1nnc(SCC(=O)c2cc(F)ccc2F)s1. The van der Waals surface area contributed by atoms with Gasteiger partial charge in [-0.15, -0.1) is 10.2 Å². The summed E-state index contributed by atoms with van der Waals surface area (Å²) in [5.74, 6) is -1.94. The number of ketones is 1. The fraction of sp³-hybridized carbons (Fsp3) is 0.100. The van der Waals surface area contributed by atoms with Crippen molar-refractivity contribution in [3.63, 3.8) is 0 Å². The molecule has 0 saturated heterocycles. The van der Waals surface area contributed by atoms with Gasteiger partial charge in [0.2, 0.25) is 5.13 Å². The Morgan fingerprint density at radius 2 is 2.17 bits per heavy atom. The molecule has 94 valence electrons. The second-order valence-electron chi connectivity index (χ2n) is 3.24. The molecular weight excluding hydrogens is 280 g/mol. The normalized spacial score (nSPS) is 10.6. The average molecular weight is 287 g/mol. The van der Waals surface area contributed by atoms with Gasteiger partial charge in [-0.3, -0.25) is 4.79 Å². The molecule has 0 aliphatic heterocycles. The number of carbonyl (C=O) groups is 1. The molecule has 1 heterocycles. The summed E-state index contributed by atoms with van der Waals surface area (Å²) in [6.07, 6.45) is 0. The van der Waals surface area contributed by atoms with Gasteiger partial charge in [-0.25, -0.2) is 8.78 Å². The van der Waals surface area contributed by atoms with E-state index < -0.39 is 17.4 Å². The molecule has 0 amide bonds. The van der Waals surface area contributed by atoms with E-state index in [-0.39, 0.29) is 11.3 Å². The van der Waals surface area contributed by atoms with Crippen LogP contribution in [0.25, 0.3) is 0 Å². The monoisotopic (exact) mass is 287 g/mol. The first-order valence-corrected chi connectivity index (χ1v) is 6.56. The zero-order chi connectivity index (χ0) is 13.1. The maximum absolute atomic E-state index is 13.3. The third-order valence-corrected chi connectivity index (χ3v) is 3.86. The standard InChI is InChI=1S/C10H7F2N3OS2/c11-5-1-2-7(12)6(3-5)8(16)4-17-10-15-14-9(13)18-10/h1-3H,4H2,(H2,13,14). The van der Waals surface area contributed by atoms with Crippen molar-refractivity contribution < 1.29 is 13.6 Å². The van der Waals surface area contributed by atoms with Crippen molar-refractivity contribution in [3.05, 3.63) is 35.4 Å². The van der Waals surface area contributed by atoms with Crippen molar-refractivity contribution in [1.29, 1.82) is 0 Å². The fourth-order valence-electron chi connectivity index (χ4n) is 1.19. The molecule has 0 fully saturated rings. The van der Waals surface area contributed by atoms with E-state index in [9.17, 15) is 13.6 Å². The van der Waals surface area contributed by atoms with Gasteiger partial charge < -0.3 is 5.73 Å². The van der Waals surface area contributed by atoms with Crippen molar-refractivity contribution in [3.8, 4) is 0 Å². The Bertz CT molecular complexity index is 588. The number of thioether (sulfide) groups is 1. The van der Waals surface area contributed by atoms with Crippen molar-refractivity contribution in [1.82, 2.24) is 10.2 Å². The van der Waals surface area contributed by atoms with Crippen LogP contribution in [0.5, 0.6) is 0 Å². The third-order valence-electron chi connectivity index (χ3n) is 1.98. The van der Waals surface area contributed by atoms with E-state index in [1.807, 2.05) is 0 Å². The molecule has 0 radical (unpaired) electrons. The van der Waals surface area contributed by atoms with E-state index in [0.29, 0.717) is 9.47 Å². The summed E-state index contributed by atoms with van der Waals surface area (Å²) in [4.78, 5) is 11.7. The molecule has 0 unspecified atom stereocenters. The smallest absolute Gasteiger partial charge is 0.203 e. The number of nitrogens with zero attached hydrogens (tertiary/aromatic N) is 2. The molecule has 2 aromatic rings. The molecule has 2 rings (SSSR count). The number of Topliss-reactive ketones (excluding diaryl/α,β-unsaturated/α-hetero) is 1. The summed E-state index contributed by atoms with van der Waals surface area (Å²) < 4.78 is 26.7. The van der Waals surface area contributed by atoms with Gasteiger partial charge in [0.05, 0.1) is 11.3 Å². The van der Waals surface area contributed by atoms with Gasteiger partial charge in [0.25, 0.3) is 0 Å². The molecule has 0 spiro atoms. The summed E-state index contributed by atoms with van der Waals surface area (Å²) in [5, 5.41) is 7.58. The predicted molar refractivity (Wildman–Crippen MR) is 65.7 cm³/mol. The number of aromatic nitrogens is 2. The Morgan fingerprint density at radius 3 is 2.83 bits per heavy atom. The van der Waals surface area contributed by atoms with Crippen molar-refractivity contribution in [2.45, 2.75) is 4.34 Å². The Balaban J connectivity index is 2.05. The summed E-state index contributed by atoms with van der Waals surface area (Å²) in [7, 11) is 0. The molecule has 0 saturated carbocycles. The van der Waals surface area contributed by atoms with Crippen LogP contribution in [0.1, 0.15) is 10.4 Å². The van der Waals surface area contributed by atoms with Crippen LogP contribution in [0.3, 0.4) is 0 Å². The predicted octanol–water partition coefficient (Wildman–Crippen LogP) is 2.37. The van der Waals surface area contributed by atoms with Crippen LogP contribution in [0.2, 0.25) is 0 Å². The minimum atomic E-state index is -0.737. The zero-order valence-electron chi connectivity index (χ0n) is 8.89. The van der Waals surface area contributed by atoms with E-state index in [2.05, 4.69) is 10.2 Å². The van der Waals surface area contributed by atoms with E-state index in [1.165, 1.54) is 0 Å². The molecular formula is C10H7F2N3OS2. The highest BCUT2D eigenvalue weighted by Crippen LogP contribution is 2.24. The van der Waals surface area contributed by atoms with E-state index in [0.717, 1.165) is 41.3 Å². The van der Waals surface area contributed by atoms with Crippen LogP contribution in [0, 0.1) is 11.6 Å². The molecule has 0 aliphatic rings. The van der Waals surface area contributed by atoms with Gasteiger partial charge in [0.15, 0.2) is 10.1 Å². The third kappa shape index (κ3) is 3.02. The van der Waals surface area contributed by atoms with Gasteiger partial charge in [-0.05, 0) is 18.2 Å². The first-order chi connectivity index (χ1) is 8.56. The van der Waals surface area contributed by atoms with Crippen molar-refractivity contribution in [2.75, 3.05) is 11.5 Å². The molecule has 2 N–H and O–H groups in total. The van der Waals surface area contributed by atoms with Crippen LogP contribution in [-0.4, -0.2) is 21.7 Å². The number of nitrogens with two attached hydrogens (primary N) is 1. The first kappa shape index (κ1) is 12.9. The Kier molecular flexibility index (Phi) is 3.87. The quantitative estimate of drug-likeness (QED) is 0.690. The number of nitrogen functional groups attached to an aromatic ring is 1. The van der Waals surface area contributed by atoms with E-state index in [4.69, 9.17) is 5.73 Å². The maximum Gasteiger partial charge on any atom is 0.203 e. The van der Waals surface area contributed by atoms with Crippen LogP contribution >= 0.6 is 23.1 Å². The molecule has 0 bridgehead atoms. The highest BCUT2D eigenvalue weighted by molar-refractivity contribution is 8.01. The van der Waals surface area contributed by atoms with Gasteiger partial charge in [-0.1, -0.05) is 23.1 Å². The fourth-order valence-corrected chi connectivity index (χ4v) is 2.71. The molecule has 1 aromatic heterocycles. The lowest BCUT2D eigenvalue weighted by molar-refractivity contribution is 0.101. The summed E-state index contributed by atoms with van der Waals surface area (Å²) >= 11 is 2.22. The molecule has 1 aromatic carbocycles. The number of rotatable bonds is 4. The van der Waals surface area contributed by atoms with Crippen LogP contribution < -0.4 is 5.73 Å². The highest BCUT2D eigenvalue weighted by atomic mass is 32.2. The number of anilines is 1. The lowest BCUT2D eigenvalue weighted by atomic mass is 10.1. The first-order valence-electron chi connectivity index (χ1n) is 4.76.